The predicted molar refractivity (Wildman–Crippen MR) is 408 cm³/mol. The summed E-state index contributed by atoms with van der Waals surface area (Å²) in [5.41, 5.74) is 14.6. The first kappa shape index (κ1) is 77.3. The second-order valence-electron chi connectivity index (χ2n) is 26.2. The third kappa shape index (κ3) is 18.9. The minimum atomic E-state index is -4.46. The van der Waals surface area contributed by atoms with Gasteiger partial charge in [0.15, 0.2) is 19.3 Å². The Balaban J connectivity index is 0.000000130. The number of hydrogen-bond donors (Lipinski definition) is 5. The van der Waals surface area contributed by atoms with Gasteiger partial charge in [0.25, 0.3) is 17.7 Å². The monoisotopic (exact) mass is 1570 g/mol. The summed E-state index contributed by atoms with van der Waals surface area (Å²) in [6, 6.07) is 60.3. The van der Waals surface area contributed by atoms with Gasteiger partial charge in [-0.05, 0) is 73.7 Å². The number of benzene rings is 8. The summed E-state index contributed by atoms with van der Waals surface area (Å²) in [7, 11) is 0. The molecule has 29 heteroatoms. The summed E-state index contributed by atoms with van der Waals surface area (Å²) in [6.45, 7) is 5.25. The molecule has 0 fully saturated rings. The lowest BCUT2D eigenvalue weighted by Crippen LogP contribution is -2.43. The van der Waals surface area contributed by atoms with Crippen LogP contribution in [-0.4, -0.2) is 130 Å². The highest BCUT2D eigenvalue weighted by molar-refractivity contribution is 6.44. The summed E-state index contributed by atoms with van der Waals surface area (Å²) in [5, 5.41) is 34.1. The number of nitrogens with zero attached hydrogens (tertiary/aromatic N) is 8. The van der Waals surface area contributed by atoms with Crippen LogP contribution in [0.1, 0.15) is 63.1 Å². The zero-order valence-electron chi connectivity index (χ0n) is 59.5. The average Bonchev–Trinajstić information content (AvgIpc) is 1.68. The number of aromatic nitrogens is 8. The molecular weight excluding hydrogens is 1500 g/mol. The Labute approximate surface area is 648 Å². The van der Waals surface area contributed by atoms with E-state index in [1.165, 1.54) is 24.3 Å². The maximum absolute atomic E-state index is 12.9. The van der Waals surface area contributed by atoms with Crippen LogP contribution >= 0.6 is 34.8 Å². The number of fused-ring (bicyclic) bond motifs is 4. The molecule has 0 aliphatic carbocycles. The Kier molecular flexibility index (Phi) is 24.2. The van der Waals surface area contributed by atoms with E-state index in [1.807, 2.05) is 138 Å². The normalized spacial score (nSPS) is 13.9. The summed E-state index contributed by atoms with van der Waals surface area (Å²) < 4.78 is 92.8. The first-order valence-electron chi connectivity index (χ1n) is 35.4. The van der Waals surface area contributed by atoms with Gasteiger partial charge in [-0.25, -0.2) is 4.79 Å². The van der Waals surface area contributed by atoms with Crippen LogP contribution in [0.5, 0.6) is 17.2 Å². The van der Waals surface area contributed by atoms with Crippen molar-refractivity contribution in [1.29, 1.82) is 0 Å². The third-order valence-electron chi connectivity index (χ3n) is 19.0. The molecule has 12 aromatic rings. The molecule has 20 nitrogen and oxygen atoms in total. The highest BCUT2D eigenvalue weighted by atomic mass is 35.5. The van der Waals surface area contributed by atoms with E-state index in [9.17, 15) is 45.5 Å². The van der Waals surface area contributed by atoms with Gasteiger partial charge in [0.05, 0.1) is 61.2 Å². The van der Waals surface area contributed by atoms with Crippen LogP contribution in [0.2, 0.25) is 15.1 Å². The Morgan fingerprint density at radius 2 is 0.811 bits per heavy atom. The maximum Gasteiger partial charge on any atom is 0.416 e. The Hall–Kier alpha value is -11.9. The van der Waals surface area contributed by atoms with Gasteiger partial charge in [-0.15, -0.1) is 0 Å². The van der Waals surface area contributed by atoms with Gasteiger partial charge in [-0.3, -0.25) is 34.8 Å². The number of para-hydroxylation sites is 1. The number of nitrogens with one attached hydrogen (secondary N) is 5. The molecule has 111 heavy (non-hydrogen) atoms. The largest absolute Gasteiger partial charge is 0.484 e. The predicted octanol–water partition coefficient (Wildman–Crippen LogP) is 17.2. The van der Waals surface area contributed by atoms with Crippen LogP contribution in [0.15, 0.2) is 212 Å². The molecule has 0 saturated carbocycles. The zero-order chi connectivity index (χ0) is 77.8. The van der Waals surface area contributed by atoms with Crippen molar-refractivity contribution in [2.75, 3.05) is 44.7 Å². The number of amides is 5. The highest BCUT2D eigenvalue weighted by Crippen LogP contribution is 2.37. The standard InChI is InChI=1S/C21H20ClN3O2.2C21H18F3N3O2.C19H16Cl2N4O/c1-14(27-19-10-6-5-9-17(19)22)21(26)25-12-11-18-16(13-25)20(24-23-18)15-7-3-2-4-8-15;22-21(23,24)15-7-4-8-16(11-15)29-13-19(28)27-10-9-18-17(12-27)20(26-25-18)14-5-2-1-3-6-14;22-21(23,24)15-6-8-16(9-7-15)29-13-19(28)27-11-10-18-17(12-27)20(26-25-18)14-4-2-1-3-5-14;20-14-7-4-8-16(17(14)21)22-19(26)25-10-9-15-13(11-25)18(24-23-15)12-5-2-1-3-6-12/h2-10,14H,11-13H2,1H3,(H,23,24);1-8,11H,9-10,12-13H2,(H,25,26);1-9H,10-13H2,(H,25,26);1-8H,9-11H2,(H,22,26)(H,23,24). The minimum Gasteiger partial charge on any atom is -0.484 e. The average molecular weight is 1570 g/mol. The molecule has 0 radical (unpaired) electrons. The maximum atomic E-state index is 12.9. The number of alkyl halides is 6. The van der Waals surface area contributed by atoms with E-state index < -0.39 is 29.6 Å². The Morgan fingerprint density at radius 1 is 0.432 bits per heavy atom. The van der Waals surface area contributed by atoms with E-state index in [2.05, 4.69) is 46.1 Å². The number of aromatic amines is 4. The molecule has 1 atom stereocenters. The van der Waals surface area contributed by atoms with E-state index >= 15 is 0 Å². The molecule has 8 heterocycles. The van der Waals surface area contributed by atoms with Crippen molar-refractivity contribution in [1.82, 2.24) is 60.4 Å². The number of ether oxygens (including phenoxy) is 3. The van der Waals surface area contributed by atoms with Gasteiger partial charge in [0.1, 0.15) is 17.2 Å². The quantitative estimate of drug-likeness (QED) is 0.0642. The summed E-state index contributed by atoms with van der Waals surface area (Å²) >= 11 is 18.3. The van der Waals surface area contributed by atoms with Crippen molar-refractivity contribution in [3.63, 3.8) is 0 Å². The summed E-state index contributed by atoms with van der Waals surface area (Å²) in [4.78, 5) is 57.7. The molecule has 4 aliphatic rings. The molecule has 16 rings (SSSR count). The molecule has 0 spiro atoms. The van der Waals surface area contributed by atoms with Crippen molar-refractivity contribution in [3.05, 3.63) is 284 Å². The van der Waals surface area contributed by atoms with Crippen LogP contribution in [0.3, 0.4) is 0 Å². The molecule has 8 aromatic carbocycles. The van der Waals surface area contributed by atoms with E-state index in [4.69, 9.17) is 49.0 Å². The number of hydrogen-bond acceptors (Lipinski definition) is 11. The molecule has 4 aliphatic heterocycles. The van der Waals surface area contributed by atoms with E-state index in [0.717, 1.165) is 127 Å². The van der Waals surface area contributed by atoms with E-state index in [-0.39, 0.29) is 48.5 Å². The Bertz CT molecular complexity index is 5220. The van der Waals surface area contributed by atoms with Crippen LogP contribution in [-0.2, 0) is 78.6 Å². The third-order valence-corrected chi connectivity index (χ3v) is 20.1. The number of halogens is 9. The molecule has 0 saturated heterocycles. The highest BCUT2D eigenvalue weighted by Gasteiger charge is 2.35. The number of urea groups is 1. The second-order valence-corrected chi connectivity index (χ2v) is 27.4. The molecule has 570 valence electrons. The first-order chi connectivity index (χ1) is 53.6. The fraction of sp³-hybridized carbons (Fsp3) is 0.220. The fourth-order valence-corrected chi connectivity index (χ4v) is 13.6. The topological polar surface area (TPSA) is 236 Å². The Morgan fingerprint density at radius 3 is 1.25 bits per heavy atom. The molecule has 5 amide bonds. The van der Waals surface area contributed by atoms with E-state index in [1.54, 1.807) is 52.0 Å². The van der Waals surface area contributed by atoms with Gasteiger partial charge < -0.3 is 39.1 Å². The molecule has 1 unspecified atom stereocenters. The lowest BCUT2D eigenvalue weighted by atomic mass is 10.0. The zero-order valence-corrected chi connectivity index (χ0v) is 61.8. The van der Waals surface area contributed by atoms with Crippen LogP contribution in [0.4, 0.5) is 36.8 Å². The second kappa shape index (κ2) is 34.8. The van der Waals surface area contributed by atoms with Crippen molar-refractivity contribution >= 4 is 64.2 Å². The molecule has 5 N–H and O–H groups in total. The van der Waals surface area contributed by atoms with Gasteiger partial charge in [0, 0.05) is 139 Å². The first-order valence-corrected chi connectivity index (χ1v) is 36.5. The number of rotatable bonds is 14. The molecule has 0 bridgehead atoms. The van der Waals surface area contributed by atoms with Crippen molar-refractivity contribution < 1.29 is 59.7 Å². The lowest BCUT2D eigenvalue weighted by Gasteiger charge is -2.29. The number of H-pyrrole nitrogens is 4. The van der Waals surface area contributed by atoms with Gasteiger partial charge in [-0.2, -0.15) is 46.7 Å². The van der Waals surface area contributed by atoms with E-state index in [0.29, 0.717) is 91.7 Å². The van der Waals surface area contributed by atoms with Gasteiger partial charge >= 0.3 is 18.4 Å². The van der Waals surface area contributed by atoms with Crippen molar-refractivity contribution in [2.45, 2.75) is 77.2 Å². The molecule has 4 aromatic heterocycles. The van der Waals surface area contributed by atoms with Gasteiger partial charge in [0.2, 0.25) is 0 Å². The van der Waals surface area contributed by atoms with Crippen molar-refractivity contribution in [2.24, 2.45) is 0 Å². The van der Waals surface area contributed by atoms with Crippen molar-refractivity contribution in [3.8, 4) is 62.3 Å². The lowest BCUT2D eigenvalue weighted by molar-refractivity contribution is -0.139. The van der Waals surface area contributed by atoms with Crippen LogP contribution < -0.4 is 19.5 Å². The fourth-order valence-electron chi connectivity index (χ4n) is 13.1. The number of anilines is 1. The van der Waals surface area contributed by atoms with Crippen LogP contribution in [0.25, 0.3) is 45.0 Å². The summed E-state index contributed by atoms with van der Waals surface area (Å²) in [5.74, 6) is 0.187. The number of carbonyl (C=O) groups excluding carboxylic acids is 4. The smallest absolute Gasteiger partial charge is 0.416 e. The summed E-state index contributed by atoms with van der Waals surface area (Å²) in [6.07, 6.45) is -6.71. The minimum absolute atomic E-state index is 0.0131. The molecular formula is C82H72Cl3F6N13O7. The van der Waals surface area contributed by atoms with Crippen LogP contribution in [0, 0.1) is 0 Å². The SMILES string of the molecule is CC(Oc1ccccc1Cl)C(=O)N1CCc2[nH]nc(-c3ccccc3)c2C1.O=C(COc1ccc(C(F)(F)F)cc1)N1CCc2[nH]nc(-c3ccccc3)c2C1.O=C(COc1cccc(C(F)(F)F)c1)N1CCc2[nH]nc(-c3ccccc3)c2C1.O=C(Nc1cccc(Cl)c1Cl)N1CCc2[nH]nc(-c3ccccc3)c2C1. The number of carbonyl (C=O) groups is 4. The van der Waals surface area contributed by atoms with Gasteiger partial charge in [-0.1, -0.05) is 180 Å².